The van der Waals surface area contributed by atoms with Gasteiger partial charge in [-0.25, -0.2) is 4.39 Å². The summed E-state index contributed by atoms with van der Waals surface area (Å²) in [4.78, 5) is 26.3. The first-order valence-electron chi connectivity index (χ1n) is 10.6. The normalized spacial score (nSPS) is 19.5. The monoisotopic (exact) mass is 426 g/mol. The summed E-state index contributed by atoms with van der Waals surface area (Å²) in [6.45, 7) is 1.88. The van der Waals surface area contributed by atoms with Gasteiger partial charge in [-0.2, -0.15) is 0 Å². The minimum Gasteiger partial charge on any atom is -0.326 e. The van der Waals surface area contributed by atoms with E-state index in [1.807, 2.05) is 31.2 Å². The van der Waals surface area contributed by atoms with Gasteiger partial charge in [-0.3, -0.25) is 14.5 Å². The SMILES string of the molecule is Cc1ccc(F)c(N2C(=O)CSC2c2ccc(NC(=O)CCC3CCCC3)cc2)c1. The number of rotatable bonds is 6. The Balaban J connectivity index is 1.43. The number of anilines is 2. The highest BCUT2D eigenvalue weighted by molar-refractivity contribution is 8.00. The van der Waals surface area contributed by atoms with Crippen molar-refractivity contribution in [1.29, 1.82) is 0 Å². The van der Waals surface area contributed by atoms with Crippen LogP contribution in [0.3, 0.4) is 0 Å². The quantitative estimate of drug-likeness (QED) is 0.633. The van der Waals surface area contributed by atoms with Crippen LogP contribution in [0.25, 0.3) is 0 Å². The molecule has 2 amide bonds. The lowest BCUT2D eigenvalue weighted by molar-refractivity contribution is -0.117. The van der Waals surface area contributed by atoms with E-state index >= 15 is 0 Å². The molecule has 6 heteroatoms. The van der Waals surface area contributed by atoms with Gasteiger partial charge < -0.3 is 5.32 Å². The second kappa shape index (κ2) is 9.21. The van der Waals surface area contributed by atoms with Gasteiger partial charge in [-0.15, -0.1) is 11.8 Å². The molecule has 1 unspecified atom stereocenters. The Morgan fingerprint density at radius 3 is 2.63 bits per heavy atom. The second-order valence-electron chi connectivity index (χ2n) is 8.24. The number of amides is 2. The molecule has 0 aromatic heterocycles. The number of hydrogen-bond acceptors (Lipinski definition) is 3. The third-order valence-corrected chi connectivity index (χ3v) is 7.18. The molecule has 0 radical (unpaired) electrons. The summed E-state index contributed by atoms with van der Waals surface area (Å²) in [6.07, 6.45) is 6.59. The minimum atomic E-state index is -0.396. The topological polar surface area (TPSA) is 49.4 Å². The van der Waals surface area contributed by atoms with E-state index in [1.165, 1.54) is 43.5 Å². The lowest BCUT2D eigenvalue weighted by atomic mass is 10.0. The third kappa shape index (κ3) is 4.69. The zero-order valence-electron chi connectivity index (χ0n) is 17.2. The van der Waals surface area contributed by atoms with Crippen LogP contribution in [0.4, 0.5) is 15.8 Å². The zero-order chi connectivity index (χ0) is 21.1. The van der Waals surface area contributed by atoms with Gasteiger partial charge in [-0.05, 0) is 54.7 Å². The summed E-state index contributed by atoms with van der Waals surface area (Å²) < 4.78 is 14.4. The number of thioether (sulfide) groups is 1. The van der Waals surface area contributed by atoms with E-state index in [9.17, 15) is 14.0 Å². The first-order chi connectivity index (χ1) is 14.5. The molecule has 2 aliphatic rings. The van der Waals surface area contributed by atoms with Crippen LogP contribution >= 0.6 is 11.8 Å². The van der Waals surface area contributed by atoms with E-state index in [1.54, 1.807) is 17.0 Å². The molecule has 2 aromatic rings. The Morgan fingerprint density at radius 1 is 1.17 bits per heavy atom. The van der Waals surface area contributed by atoms with Crippen molar-refractivity contribution >= 4 is 35.0 Å². The molecule has 1 atom stereocenters. The number of hydrogen-bond donors (Lipinski definition) is 1. The van der Waals surface area contributed by atoms with Crippen LogP contribution in [-0.2, 0) is 9.59 Å². The Hall–Kier alpha value is -2.34. The number of nitrogens with zero attached hydrogens (tertiary/aromatic N) is 1. The smallest absolute Gasteiger partial charge is 0.238 e. The predicted molar refractivity (Wildman–Crippen MR) is 120 cm³/mol. The maximum Gasteiger partial charge on any atom is 0.238 e. The van der Waals surface area contributed by atoms with Gasteiger partial charge in [0.2, 0.25) is 11.8 Å². The van der Waals surface area contributed by atoms with Crippen molar-refractivity contribution in [2.75, 3.05) is 16.0 Å². The molecule has 2 aromatic carbocycles. The first kappa shape index (κ1) is 20.9. The molecule has 1 saturated carbocycles. The van der Waals surface area contributed by atoms with Crippen LogP contribution in [0.5, 0.6) is 0 Å². The van der Waals surface area contributed by atoms with Gasteiger partial charge in [0.05, 0.1) is 11.4 Å². The van der Waals surface area contributed by atoms with Crippen molar-refractivity contribution in [3.05, 3.63) is 59.4 Å². The van der Waals surface area contributed by atoms with Crippen molar-refractivity contribution in [1.82, 2.24) is 0 Å². The molecule has 0 spiro atoms. The number of carbonyl (C=O) groups is 2. The van der Waals surface area contributed by atoms with Crippen molar-refractivity contribution in [2.24, 2.45) is 5.92 Å². The molecule has 1 saturated heterocycles. The third-order valence-electron chi connectivity index (χ3n) is 5.96. The lowest BCUT2D eigenvalue weighted by Gasteiger charge is -2.25. The average molecular weight is 427 g/mol. The maximum absolute atomic E-state index is 14.4. The van der Waals surface area contributed by atoms with Crippen LogP contribution in [0.2, 0.25) is 0 Å². The molecule has 158 valence electrons. The fourth-order valence-corrected chi connectivity index (χ4v) is 5.50. The molecule has 1 N–H and O–H groups in total. The number of benzene rings is 2. The summed E-state index contributed by atoms with van der Waals surface area (Å²) >= 11 is 1.49. The van der Waals surface area contributed by atoms with Crippen LogP contribution in [-0.4, -0.2) is 17.6 Å². The molecule has 1 heterocycles. The fourth-order valence-electron chi connectivity index (χ4n) is 4.33. The Labute approximate surface area is 181 Å². The molecule has 4 nitrogen and oxygen atoms in total. The van der Waals surface area contributed by atoms with Crippen molar-refractivity contribution in [2.45, 2.75) is 50.8 Å². The first-order valence-corrected chi connectivity index (χ1v) is 11.7. The van der Waals surface area contributed by atoms with Crippen molar-refractivity contribution < 1.29 is 14.0 Å². The zero-order valence-corrected chi connectivity index (χ0v) is 18.0. The fraction of sp³-hybridized carbons (Fsp3) is 0.417. The Bertz CT molecular complexity index is 925. The van der Waals surface area contributed by atoms with Crippen LogP contribution in [0.1, 0.15) is 55.0 Å². The number of aryl methyl sites for hydroxylation is 1. The van der Waals surface area contributed by atoms with Crippen LogP contribution < -0.4 is 10.2 Å². The highest BCUT2D eigenvalue weighted by Gasteiger charge is 2.35. The predicted octanol–water partition coefficient (Wildman–Crippen LogP) is 5.82. The maximum atomic E-state index is 14.4. The van der Waals surface area contributed by atoms with E-state index in [-0.39, 0.29) is 17.2 Å². The van der Waals surface area contributed by atoms with Crippen LogP contribution in [0, 0.1) is 18.7 Å². The van der Waals surface area contributed by atoms with E-state index in [0.29, 0.717) is 23.8 Å². The number of nitrogens with one attached hydrogen (secondary N) is 1. The van der Waals surface area contributed by atoms with Gasteiger partial charge in [0, 0.05) is 12.1 Å². The largest absolute Gasteiger partial charge is 0.326 e. The van der Waals surface area contributed by atoms with E-state index in [4.69, 9.17) is 0 Å². The highest BCUT2D eigenvalue weighted by atomic mass is 32.2. The minimum absolute atomic E-state index is 0.0449. The van der Waals surface area contributed by atoms with Gasteiger partial charge in [-0.1, -0.05) is 43.9 Å². The molecular formula is C24H27FN2O2S. The average Bonchev–Trinajstić information content (AvgIpc) is 3.39. The summed E-state index contributed by atoms with van der Waals surface area (Å²) in [5.41, 5.74) is 2.89. The standard InChI is InChI=1S/C24H27FN2O2S/c1-16-6-12-20(25)21(14-16)27-23(29)15-30-24(27)18-8-10-19(11-9-18)26-22(28)13-7-17-4-2-3-5-17/h6,8-12,14,17,24H,2-5,7,13,15H2,1H3,(H,26,28). The van der Waals surface area contributed by atoms with Gasteiger partial charge in [0.15, 0.2) is 0 Å². The number of carbonyl (C=O) groups excluding carboxylic acids is 2. The summed E-state index contributed by atoms with van der Waals surface area (Å²) in [6, 6.07) is 12.3. The molecular weight excluding hydrogens is 399 g/mol. The van der Waals surface area contributed by atoms with E-state index in [0.717, 1.165) is 23.2 Å². The van der Waals surface area contributed by atoms with Crippen molar-refractivity contribution in [3.63, 3.8) is 0 Å². The van der Waals surface area contributed by atoms with Gasteiger partial charge >= 0.3 is 0 Å². The van der Waals surface area contributed by atoms with E-state index in [2.05, 4.69) is 5.32 Å². The molecule has 4 rings (SSSR count). The van der Waals surface area contributed by atoms with E-state index < -0.39 is 5.82 Å². The number of halogens is 1. The Morgan fingerprint density at radius 2 is 1.90 bits per heavy atom. The lowest BCUT2D eigenvalue weighted by Crippen LogP contribution is -2.28. The summed E-state index contributed by atoms with van der Waals surface area (Å²) in [5, 5.41) is 2.69. The van der Waals surface area contributed by atoms with Crippen LogP contribution in [0.15, 0.2) is 42.5 Å². The molecule has 0 bridgehead atoms. The molecule has 1 aliphatic heterocycles. The van der Waals surface area contributed by atoms with Crippen molar-refractivity contribution in [3.8, 4) is 0 Å². The molecule has 30 heavy (non-hydrogen) atoms. The van der Waals surface area contributed by atoms with Gasteiger partial charge in [0.25, 0.3) is 0 Å². The Kier molecular flexibility index (Phi) is 6.42. The summed E-state index contributed by atoms with van der Waals surface area (Å²) in [5.74, 6) is 0.565. The van der Waals surface area contributed by atoms with Gasteiger partial charge in [0.1, 0.15) is 11.2 Å². The summed E-state index contributed by atoms with van der Waals surface area (Å²) in [7, 11) is 0. The molecule has 2 fully saturated rings. The second-order valence-corrected chi connectivity index (χ2v) is 9.31. The molecule has 1 aliphatic carbocycles. The highest BCUT2D eigenvalue weighted by Crippen LogP contribution is 2.43.